The molecule has 1 aliphatic rings. The van der Waals surface area contributed by atoms with Crippen LogP contribution in [0.5, 0.6) is 0 Å². The Labute approximate surface area is 175 Å². The first-order valence-corrected chi connectivity index (χ1v) is 10.1. The van der Waals surface area contributed by atoms with Crippen molar-refractivity contribution in [3.63, 3.8) is 0 Å². The van der Waals surface area contributed by atoms with Crippen LogP contribution in [0.4, 0.5) is 0 Å². The maximum absolute atomic E-state index is 11.4. The van der Waals surface area contributed by atoms with Crippen LogP contribution in [-0.2, 0) is 10.3 Å². The molecular weight excluding hydrogens is 372 g/mol. The lowest BCUT2D eigenvalue weighted by Crippen LogP contribution is -2.36. The lowest BCUT2D eigenvalue weighted by atomic mass is 9.77. The Morgan fingerprint density at radius 3 is 1.70 bits per heavy atom. The zero-order valence-corrected chi connectivity index (χ0v) is 16.4. The van der Waals surface area contributed by atoms with Gasteiger partial charge in [0.15, 0.2) is 0 Å². The lowest BCUT2D eigenvalue weighted by molar-refractivity contribution is -0.138. The van der Waals surface area contributed by atoms with Gasteiger partial charge in [-0.05, 0) is 23.1 Å². The van der Waals surface area contributed by atoms with Gasteiger partial charge in [0.1, 0.15) is 5.54 Å². The fourth-order valence-corrected chi connectivity index (χ4v) is 4.49. The second-order valence-corrected chi connectivity index (χ2v) is 7.80. The number of carboxylic acids is 1. The molecule has 1 aromatic heterocycles. The number of hydrogen-bond donors (Lipinski definition) is 1. The summed E-state index contributed by atoms with van der Waals surface area (Å²) in [6.45, 7) is 0. The second-order valence-electron chi connectivity index (χ2n) is 7.80. The van der Waals surface area contributed by atoms with E-state index in [4.69, 9.17) is 0 Å². The molecule has 0 spiro atoms. The van der Waals surface area contributed by atoms with Gasteiger partial charge in [-0.2, -0.15) is 0 Å². The van der Waals surface area contributed by atoms with E-state index in [-0.39, 0.29) is 11.8 Å². The van der Waals surface area contributed by atoms with E-state index < -0.39 is 11.5 Å². The molecule has 4 heteroatoms. The van der Waals surface area contributed by atoms with Crippen molar-refractivity contribution in [3.05, 3.63) is 126 Å². The van der Waals surface area contributed by atoms with Crippen LogP contribution in [0.15, 0.2) is 104 Å². The Morgan fingerprint density at radius 1 is 0.833 bits per heavy atom. The third-order valence-electron chi connectivity index (χ3n) is 6.05. The van der Waals surface area contributed by atoms with E-state index in [1.165, 1.54) is 0 Å². The fraction of sp³-hybridized carbons (Fsp3) is 0.154. The van der Waals surface area contributed by atoms with Gasteiger partial charge in [0.25, 0.3) is 0 Å². The van der Waals surface area contributed by atoms with E-state index >= 15 is 0 Å². The topological polar surface area (TPSA) is 55.1 Å². The molecule has 0 amide bonds. The van der Waals surface area contributed by atoms with Crippen molar-refractivity contribution in [1.29, 1.82) is 0 Å². The number of carbonyl (C=O) groups is 1. The van der Waals surface area contributed by atoms with Gasteiger partial charge in [-0.15, -0.1) is 0 Å². The van der Waals surface area contributed by atoms with Gasteiger partial charge in [0, 0.05) is 12.1 Å². The fourth-order valence-electron chi connectivity index (χ4n) is 4.49. The molecule has 30 heavy (non-hydrogen) atoms. The number of imidazole rings is 1. The van der Waals surface area contributed by atoms with Gasteiger partial charge in [-0.3, -0.25) is 4.79 Å². The summed E-state index contributed by atoms with van der Waals surface area (Å²) in [5.41, 5.74) is 3.60. The van der Waals surface area contributed by atoms with Crippen molar-refractivity contribution in [3.8, 4) is 0 Å². The first-order chi connectivity index (χ1) is 14.7. The molecule has 3 aromatic carbocycles. The van der Waals surface area contributed by atoms with Crippen molar-refractivity contribution in [2.45, 2.75) is 17.9 Å². The Balaban J connectivity index is 1.75. The average molecular weight is 394 g/mol. The maximum Gasteiger partial charge on any atom is 0.307 e. The normalized spacial score (nSPS) is 18.1. The first kappa shape index (κ1) is 18.4. The monoisotopic (exact) mass is 394 g/mol. The van der Waals surface area contributed by atoms with Crippen LogP contribution in [0.25, 0.3) is 0 Å². The van der Waals surface area contributed by atoms with E-state index in [1.54, 1.807) is 0 Å². The summed E-state index contributed by atoms with van der Waals surface area (Å²) in [5, 5.41) is 9.35. The third kappa shape index (κ3) is 2.92. The maximum atomic E-state index is 11.4. The Hall–Kier alpha value is -3.66. The number of hydrogen-bond acceptors (Lipinski definition) is 2. The van der Waals surface area contributed by atoms with Crippen molar-refractivity contribution in [2.75, 3.05) is 0 Å². The van der Waals surface area contributed by atoms with Gasteiger partial charge < -0.3 is 9.67 Å². The average Bonchev–Trinajstić information content (AvgIpc) is 3.47. The zero-order valence-electron chi connectivity index (χ0n) is 16.4. The molecule has 1 heterocycles. The molecule has 0 saturated heterocycles. The quantitative estimate of drug-likeness (QED) is 0.473. The minimum Gasteiger partial charge on any atom is -0.481 e. The lowest BCUT2D eigenvalue weighted by Gasteiger charge is -2.37. The summed E-state index contributed by atoms with van der Waals surface area (Å²) in [6, 6.07) is 31.2. The van der Waals surface area contributed by atoms with Crippen molar-refractivity contribution in [1.82, 2.24) is 9.55 Å². The molecule has 0 bridgehead atoms. The van der Waals surface area contributed by atoms with Crippen molar-refractivity contribution >= 4 is 5.97 Å². The minimum absolute atomic E-state index is 0.0104. The van der Waals surface area contributed by atoms with Crippen LogP contribution in [0, 0.1) is 5.92 Å². The highest BCUT2D eigenvalue weighted by Crippen LogP contribution is 2.48. The summed E-state index contributed by atoms with van der Waals surface area (Å²) in [4.78, 5) is 16.0. The van der Waals surface area contributed by atoms with E-state index in [2.05, 4.69) is 82.3 Å². The molecule has 4 nitrogen and oxygen atoms in total. The number of carboxylic acid groups (broad SMARTS) is 1. The van der Waals surface area contributed by atoms with E-state index in [0.717, 1.165) is 22.4 Å². The summed E-state index contributed by atoms with van der Waals surface area (Å²) in [7, 11) is 0. The third-order valence-corrected chi connectivity index (χ3v) is 6.05. The summed E-state index contributed by atoms with van der Waals surface area (Å²) >= 11 is 0. The van der Waals surface area contributed by atoms with Crippen LogP contribution in [0.2, 0.25) is 0 Å². The predicted octanol–water partition coefficient (Wildman–Crippen LogP) is 4.91. The summed E-state index contributed by atoms with van der Waals surface area (Å²) in [5.74, 6) is -1.08. The highest BCUT2D eigenvalue weighted by molar-refractivity contribution is 5.75. The molecule has 5 rings (SSSR count). The largest absolute Gasteiger partial charge is 0.481 e. The molecule has 0 radical (unpaired) electrons. The second kappa shape index (κ2) is 7.30. The Morgan fingerprint density at radius 2 is 1.30 bits per heavy atom. The first-order valence-electron chi connectivity index (χ1n) is 10.1. The zero-order chi connectivity index (χ0) is 20.6. The van der Waals surface area contributed by atoms with Gasteiger partial charge in [0.05, 0.1) is 17.9 Å². The number of aliphatic carboxylic acids is 1. The highest BCUT2D eigenvalue weighted by Gasteiger charge is 2.46. The van der Waals surface area contributed by atoms with Gasteiger partial charge in [-0.25, -0.2) is 4.98 Å². The minimum atomic E-state index is -0.741. The predicted molar refractivity (Wildman–Crippen MR) is 115 cm³/mol. The molecule has 0 aliphatic heterocycles. The molecule has 1 aliphatic carbocycles. The molecule has 1 fully saturated rings. The van der Waals surface area contributed by atoms with Crippen molar-refractivity contribution < 1.29 is 9.90 Å². The van der Waals surface area contributed by atoms with Crippen LogP contribution < -0.4 is 0 Å². The smallest absolute Gasteiger partial charge is 0.307 e. The molecule has 4 aromatic rings. The van der Waals surface area contributed by atoms with Crippen LogP contribution in [-0.4, -0.2) is 20.6 Å². The molecule has 1 saturated carbocycles. The van der Waals surface area contributed by atoms with E-state index in [1.807, 2.05) is 30.7 Å². The SMILES string of the molecule is O=C(O)[C@H]1C[C@H]1c1cn(C(c2ccccc2)(c2ccccc2)c2ccccc2)cn1. The Bertz CT molecular complexity index is 1060. The van der Waals surface area contributed by atoms with Crippen LogP contribution in [0.1, 0.15) is 34.7 Å². The Kier molecular flexibility index (Phi) is 4.47. The van der Waals surface area contributed by atoms with Crippen LogP contribution >= 0.6 is 0 Å². The molecular formula is C26H22N2O2. The number of aromatic nitrogens is 2. The van der Waals surface area contributed by atoms with Gasteiger partial charge in [-0.1, -0.05) is 91.0 Å². The standard InChI is InChI=1S/C26H22N2O2/c29-25(30)23-16-22(23)24-17-28(18-27-24)26(19-10-4-1-5-11-19,20-12-6-2-7-13-20)21-14-8-3-9-15-21/h1-15,17-18,22-23H,16H2,(H,29,30)/t22-,23+/m1/s1. The number of benzene rings is 3. The number of rotatable bonds is 6. The highest BCUT2D eigenvalue weighted by atomic mass is 16.4. The van der Waals surface area contributed by atoms with E-state index in [0.29, 0.717) is 6.42 Å². The summed E-state index contributed by atoms with van der Waals surface area (Å²) in [6.07, 6.45) is 4.53. The van der Waals surface area contributed by atoms with Gasteiger partial charge in [0.2, 0.25) is 0 Å². The van der Waals surface area contributed by atoms with E-state index in [9.17, 15) is 9.90 Å². The molecule has 0 unspecified atom stereocenters. The van der Waals surface area contributed by atoms with Crippen molar-refractivity contribution in [2.24, 2.45) is 5.92 Å². The molecule has 148 valence electrons. The van der Waals surface area contributed by atoms with Crippen LogP contribution in [0.3, 0.4) is 0 Å². The van der Waals surface area contributed by atoms with Gasteiger partial charge >= 0.3 is 5.97 Å². The number of nitrogens with zero attached hydrogens (tertiary/aromatic N) is 2. The molecule has 2 atom stereocenters. The summed E-state index contributed by atoms with van der Waals surface area (Å²) < 4.78 is 2.14. The molecule has 1 N–H and O–H groups in total.